The number of halogens is 3. The van der Waals surface area contributed by atoms with Gasteiger partial charge >= 0.3 is 0 Å². The van der Waals surface area contributed by atoms with Crippen LogP contribution in [0.25, 0.3) is 0 Å². The molecule has 4 aliphatic heterocycles. The first-order valence-electron chi connectivity index (χ1n) is 41.9. The molecule has 0 aromatic heterocycles. The normalized spacial score (nSPS) is 14.9. The van der Waals surface area contributed by atoms with E-state index in [1.807, 2.05) is 205 Å². The Balaban J connectivity index is 0.000000119. The number of rotatable bonds is 11. The minimum atomic E-state index is -0.462. The number of non-ortho nitro benzene ring substituents is 1. The van der Waals surface area contributed by atoms with Crippen molar-refractivity contribution in [3.05, 3.63) is 536 Å². The van der Waals surface area contributed by atoms with Gasteiger partial charge in [0.1, 0.15) is 11.5 Å². The van der Waals surface area contributed by atoms with Crippen molar-refractivity contribution in [2.75, 3.05) is 33.8 Å². The van der Waals surface area contributed by atoms with Crippen LogP contribution in [-0.4, -0.2) is 42.8 Å². The van der Waals surface area contributed by atoms with Crippen LogP contribution in [0.5, 0.6) is 11.5 Å². The monoisotopic (exact) mass is 1720 g/mol. The van der Waals surface area contributed by atoms with Crippen molar-refractivity contribution in [1.82, 2.24) is 0 Å². The molecule has 0 aliphatic carbocycles. The van der Waals surface area contributed by atoms with Gasteiger partial charge in [0.2, 0.25) is 0 Å². The van der Waals surface area contributed by atoms with Crippen molar-refractivity contribution in [3.63, 3.8) is 0 Å². The fourth-order valence-electron chi connectivity index (χ4n) is 17.8. The van der Waals surface area contributed by atoms with Gasteiger partial charge in [-0.1, -0.05) is 295 Å². The molecule has 0 radical (unpaired) electrons. The zero-order chi connectivity index (χ0) is 87.6. The van der Waals surface area contributed by atoms with Crippen LogP contribution in [0.3, 0.4) is 0 Å². The van der Waals surface area contributed by atoms with Crippen molar-refractivity contribution >= 4 is 86.9 Å². The Kier molecular flexibility index (Phi) is 25.4. The largest absolute Gasteiger partial charge is 0.497 e. The van der Waals surface area contributed by atoms with Gasteiger partial charge in [-0.25, -0.2) is 0 Å². The van der Waals surface area contributed by atoms with E-state index in [4.69, 9.17) is 44.3 Å². The number of anilines is 4. The molecule has 624 valence electrons. The predicted molar refractivity (Wildman–Crippen MR) is 508 cm³/mol. The molecular weight excluding hydrogens is 1640 g/mol. The quantitative estimate of drug-likeness (QED) is 0.0920. The van der Waals surface area contributed by atoms with E-state index in [1.54, 1.807) is 48.3 Å². The van der Waals surface area contributed by atoms with Gasteiger partial charge in [0, 0.05) is 95.9 Å². The Morgan fingerprint density at radius 2 is 0.598 bits per heavy atom. The molecule has 0 bridgehead atoms. The molecule has 4 aliphatic rings. The highest BCUT2D eigenvalue weighted by Crippen LogP contribution is 2.50. The van der Waals surface area contributed by atoms with Gasteiger partial charge in [-0.3, -0.25) is 29.3 Å². The van der Waals surface area contributed by atoms with Gasteiger partial charge in [-0.15, -0.1) is 0 Å². The van der Waals surface area contributed by atoms with E-state index in [0.717, 1.165) is 95.4 Å². The molecule has 0 saturated heterocycles. The van der Waals surface area contributed by atoms with E-state index in [2.05, 4.69) is 158 Å². The third-order valence-corrected chi connectivity index (χ3v) is 24.8. The maximum Gasteiger partial charge on any atom is 0.269 e. The number of carbonyl (C=O) groups excluding carboxylic acids is 4. The summed E-state index contributed by atoms with van der Waals surface area (Å²) in [7, 11) is 3.26. The summed E-state index contributed by atoms with van der Waals surface area (Å²) >= 11 is 19.3. The number of methoxy groups -OCH3 is 2. The molecule has 0 N–H and O–H groups in total. The van der Waals surface area contributed by atoms with Crippen LogP contribution in [0.4, 0.5) is 28.4 Å². The van der Waals surface area contributed by atoms with E-state index in [9.17, 15) is 29.3 Å². The van der Waals surface area contributed by atoms with Crippen LogP contribution in [0, 0.1) is 17.0 Å². The zero-order valence-electron chi connectivity index (χ0n) is 69.8. The number of aryl methyl sites for hydroxylation is 1. The number of hydrogen-bond acceptors (Lipinski definition) is 8. The Labute approximate surface area is 753 Å². The number of nitrogens with zero attached hydrogens (tertiary/aromatic N) is 5. The van der Waals surface area contributed by atoms with E-state index in [1.165, 1.54) is 57.6 Å². The molecule has 13 nitrogen and oxygen atoms in total. The van der Waals surface area contributed by atoms with Crippen LogP contribution in [0.2, 0.25) is 15.1 Å². The Morgan fingerprint density at radius 3 is 0.992 bits per heavy atom. The van der Waals surface area contributed by atoms with Gasteiger partial charge in [0.05, 0.1) is 45.3 Å². The van der Waals surface area contributed by atoms with Crippen molar-refractivity contribution in [3.8, 4) is 11.5 Å². The van der Waals surface area contributed by atoms with Gasteiger partial charge in [-0.2, -0.15) is 0 Å². The number of benzene rings is 16. The molecule has 127 heavy (non-hydrogen) atoms. The Hall–Kier alpha value is -14.7. The minimum absolute atomic E-state index is 0.00161. The van der Waals surface area contributed by atoms with Crippen LogP contribution in [0.1, 0.15) is 160 Å². The third-order valence-electron chi connectivity index (χ3n) is 23.9. The Morgan fingerprint density at radius 1 is 0.291 bits per heavy atom. The predicted octanol–water partition coefficient (Wildman–Crippen LogP) is 26.3. The second-order valence-electron chi connectivity index (χ2n) is 31.5. The molecule has 16 heteroatoms. The molecular formula is C111H86Cl3N5O8. The van der Waals surface area contributed by atoms with Crippen LogP contribution < -0.4 is 29.1 Å². The first-order valence-corrected chi connectivity index (χ1v) is 43.0. The summed E-state index contributed by atoms with van der Waals surface area (Å²) in [4.78, 5) is 72.6. The summed E-state index contributed by atoms with van der Waals surface area (Å²) in [5.41, 5.74) is 24.9. The lowest BCUT2D eigenvalue weighted by atomic mass is 9.83. The van der Waals surface area contributed by atoms with Gasteiger partial charge < -0.3 is 29.1 Å². The summed E-state index contributed by atoms with van der Waals surface area (Å²) < 4.78 is 10.8. The van der Waals surface area contributed by atoms with E-state index < -0.39 is 4.92 Å². The van der Waals surface area contributed by atoms with Gasteiger partial charge in [-0.05, 0) is 223 Å². The molecule has 0 spiro atoms. The number of amides is 4. The SMILES string of the molecule is COc1ccc(C(=O)N2Cc3ccccc3C(c3ccccc3)c3ccccc32)cc1.COc1ccc2c(c1)CN(C(=O)c1ccc(Cl)cc1)c1ccc(Cl)cc1C2c1ccccc1Cl.Cc1ccc(C(=O)N2Cc3ccccc3C(c3ccccc3)c3ccccc32)cc1.O=C(c1ccc([N+](=O)[O-])cc1)N1Cc2ccccc2C(c2ccccc2)c2ccccc21. The lowest BCUT2D eigenvalue weighted by Crippen LogP contribution is -2.30. The van der Waals surface area contributed by atoms with Gasteiger partial charge in [0.25, 0.3) is 29.3 Å². The maximum absolute atomic E-state index is 13.8. The van der Waals surface area contributed by atoms with E-state index in [0.29, 0.717) is 63.5 Å². The molecule has 16 aromatic carbocycles. The highest BCUT2D eigenvalue weighted by atomic mass is 35.5. The highest BCUT2D eigenvalue weighted by molar-refractivity contribution is 6.32. The fourth-order valence-corrected chi connectivity index (χ4v) is 18.3. The summed E-state index contributed by atoms with van der Waals surface area (Å²) in [6.45, 7) is 3.91. The Bertz CT molecular complexity index is 6720. The molecule has 4 atom stereocenters. The third kappa shape index (κ3) is 17.9. The first kappa shape index (κ1) is 84.5. The average molecular weight is 1720 g/mol. The highest BCUT2D eigenvalue weighted by Gasteiger charge is 2.38. The summed E-state index contributed by atoms with van der Waals surface area (Å²) in [5, 5.41) is 12.8. The summed E-state index contributed by atoms with van der Waals surface area (Å²) in [6, 6.07) is 128. The van der Waals surface area contributed by atoms with Crippen LogP contribution in [0.15, 0.2) is 394 Å². The number of carbonyl (C=O) groups is 4. The average Bonchev–Trinajstić information content (AvgIpc) is 1.65. The standard InChI is InChI=1S/C28H20Cl3NO2.C28H23NO2.C28H23NO.C27H20N2O3/c1-34-21-11-12-22-18(14-21)16-32(28(33)17-6-8-19(29)9-7-17)26-13-10-20(30)15-24(26)27(22)23-4-2-3-5-25(23)31;1-31-23-17-15-21(16-18-23)28(30)29-19-22-11-5-6-12-24(22)27(20-9-3-2-4-10-20)25-13-7-8-14-26(25)29;1-20-15-17-22(18-16-20)28(30)29-19-23-11-5-6-12-24(23)27(21-9-3-2-4-10-21)25-13-7-8-14-26(25)29;30-27(20-14-16-22(17-15-20)29(31)32)28-18-21-10-4-5-11-23(21)26(19-8-2-1-3-9-19)24-12-6-7-13-25(24)28/h2-15,27H,16H2,1H3;2-18,27H,19H2,1H3;2-18,27H,19H2,1H3;1-17,26H,18H2. The topological polar surface area (TPSA) is 143 Å². The fraction of sp³-hybridized carbons (Fsp3) is 0.0991. The number of nitro groups is 1. The molecule has 0 fully saturated rings. The lowest BCUT2D eigenvalue weighted by Gasteiger charge is -2.25. The van der Waals surface area contributed by atoms with Crippen LogP contribution >= 0.6 is 34.8 Å². The number of para-hydroxylation sites is 3. The van der Waals surface area contributed by atoms with E-state index >= 15 is 0 Å². The molecule has 4 unspecified atom stereocenters. The second kappa shape index (κ2) is 38.2. The smallest absolute Gasteiger partial charge is 0.269 e. The minimum Gasteiger partial charge on any atom is -0.497 e. The molecule has 16 aromatic rings. The molecule has 4 amide bonds. The van der Waals surface area contributed by atoms with Crippen LogP contribution in [-0.2, 0) is 26.2 Å². The van der Waals surface area contributed by atoms with E-state index in [-0.39, 0.29) is 53.0 Å². The summed E-state index contributed by atoms with van der Waals surface area (Å²) in [6.07, 6.45) is 0. The number of nitro benzene ring substituents is 1. The van der Waals surface area contributed by atoms with Crippen molar-refractivity contribution in [2.45, 2.75) is 56.8 Å². The number of ether oxygens (including phenoxy) is 2. The lowest BCUT2D eigenvalue weighted by molar-refractivity contribution is -0.384. The second-order valence-corrected chi connectivity index (χ2v) is 32.8. The zero-order valence-corrected chi connectivity index (χ0v) is 72.1. The maximum atomic E-state index is 13.8. The molecule has 20 rings (SSSR count). The first-order chi connectivity index (χ1) is 62.1. The van der Waals surface area contributed by atoms with Crippen molar-refractivity contribution < 1.29 is 33.6 Å². The summed E-state index contributed by atoms with van der Waals surface area (Å²) in [5.74, 6) is 1.11. The van der Waals surface area contributed by atoms with Crippen molar-refractivity contribution in [1.29, 1.82) is 0 Å². The number of fused-ring (bicyclic) bond motifs is 8. The molecule has 4 heterocycles. The molecule has 0 saturated carbocycles. The van der Waals surface area contributed by atoms with Gasteiger partial charge in [0.15, 0.2) is 0 Å². The van der Waals surface area contributed by atoms with Crippen molar-refractivity contribution in [2.24, 2.45) is 0 Å². The number of hydrogen-bond donors (Lipinski definition) is 0.